The third-order valence-corrected chi connectivity index (χ3v) is 1.95. The van der Waals surface area contributed by atoms with Crippen molar-refractivity contribution in [2.24, 2.45) is 21.2 Å². The molecule has 0 aliphatic rings. The molecule has 0 heterocycles. The van der Waals surface area contributed by atoms with Crippen LogP contribution in [0.2, 0.25) is 0 Å². The molecule has 1 rings (SSSR count). The molecule has 5 heteroatoms. The highest BCUT2D eigenvalue weighted by molar-refractivity contribution is 9.10. The maximum Gasteiger partial charge on any atom is 0.200 e. The Hall–Kier alpha value is -1.23. The van der Waals surface area contributed by atoms with Gasteiger partial charge in [-0.25, -0.2) is 0 Å². The molecule has 0 aliphatic heterocycles. The van der Waals surface area contributed by atoms with Crippen LogP contribution in [-0.2, 0) is 0 Å². The molecule has 0 amide bonds. The quantitative estimate of drug-likeness (QED) is 0.264. The van der Waals surface area contributed by atoms with Gasteiger partial charge in [0, 0.05) is 17.1 Å². The number of nitrogens with two attached hydrogens (primary N) is 1. The Kier molecular flexibility index (Phi) is 3.57. The number of hydrazone groups is 1. The van der Waals surface area contributed by atoms with E-state index >= 15 is 0 Å². The van der Waals surface area contributed by atoms with Crippen molar-refractivity contribution in [2.45, 2.75) is 0 Å². The lowest BCUT2D eigenvalue weighted by Crippen LogP contribution is -1.99. The first-order chi connectivity index (χ1) is 6.27. The first kappa shape index (κ1) is 9.85. The van der Waals surface area contributed by atoms with E-state index in [1.54, 1.807) is 7.05 Å². The van der Waals surface area contributed by atoms with Gasteiger partial charge >= 0.3 is 0 Å². The van der Waals surface area contributed by atoms with E-state index < -0.39 is 0 Å². The molecule has 0 fully saturated rings. The van der Waals surface area contributed by atoms with Gasteiger partial charge in [0.05, 0.1) is 0 Å². The minimum atomic E-state index is 0.426. The van der Waals surface area contributed by atoms with Crippen LogP contribution in [0.5, 0.6) is 0 Å². The van der Waals surface area contributed by atoms with Crippen molar-refractivity contribution >= 4 is 21.8 Å². The molecule has 68 valence electrons. The van der Waals surface area contributed by atoms with Crippen molar-refractivity contribution in [3.8, 4) is 0 Å². The highest BCUT2D eigenvalue weighted by Crippen LogP contribution is 2.11. The summed E-state index contributed by atoms with van der Waals surface area (Å²) in [5.74, 6) is 5.58. The first-order valence-corrected chi connectivity index (χ1v) is 4.41. The normalized spacial score (nSPS) is 12.3. The molecule has 1 aromatic carbocycles. The lowest BCUT2D eigenvalue weighted by molar-refractivity contribution is 1.15. The molecule has 0 aliphatic carbocycles. The summed E-state index contributed by atoms with van der Waals surface area (Å²) in [5, 5.41) is 10.9. The van der Waals surface area contributed by atoms with Gasteiger partial charge in [0.1, 0.15) is 0 Å². The summed E-state index contributed by atoms with van der Waals surface area (Å²) in [6.07, 6.45) is 0. The van der Waals surface area contributed by atoms with Crippen molar-refractivity contribution in [3.05, 3.63) is 34.3 Å². The van der Waals surface area contributed by atoms with Crippen LogP contribution in [-0.4, -0.2) is 12.9 Å². The Morgan fingerprint density at radius 1 is 1.31 bits per heavy atom. The van der Waals surface area contributed by atoms with Crippen LogP contribution in [0.3, 0.4) is 0 Å². The second kappa shape index (κ2) is 4.71. The minimum absolute atomic E-state index is 0.426. The summed E-state index contributed by atoms with van der Waals surface area (Å²) in [7, 11) is 1.57. The van der Waals surface area contributed by atoms with Gasteiger partial charge in [0.2, 0.25) is 0 Å². The molecule has 1 aromatic rings. The molecule has 0 saturated carbocycles. The smallest absolute Gasteiger partial charge is 0.200 e. The molecule has 4 nitrogen and oxygen atoms in total. The number of halogens is 1. The summed E-state index contributed by atoms with van der Waals surface area (Å²) in [4.78, 5) is 0. The Morgan fingerprint density at radius 2 is 1.92 bits per heavy atom. The fourth-order valence-corrected chi connectivity index (χ4v) is 1.12. The molecule has 13 heavy (non-hydrogen) atoms. The van der Waals surface area contributed by atoms with Gasteiger partial charge in [-0.1, -0.05) is 15.9 Å². The Labute approximate surface area is 84.7 Å². The molecule has 0 aromatic heterocycles. The lowest BCUT2D eigenvalue weighted by atomic mass is 10.2. The van der Waals surface area contributed by atoms with Gasteiger partial charge in [0.25, 0.3) is 0 Å². The molecule has 0 radical (unpaired) electrons. The predicted octanol–water partition coefficient (Wildman–Crippen LogP) is 2.15. The molecule has 2 N–H and O–H groups in total. The van der Waals surface area contributed by atoms with Gasteiger partial charge in [-0.05, 0) is 24.3 Å². The molecular formula is C8H9BrN4. The van der Waals surface area contributed by atoms with E-state index in [9.17, 15) is 0 Å². The minimum Gasteiger partial charge on any atom is -0.321 e. The summed E-state index contributed by atoms with van der Waals surface area (Å²) < 4.78 is 1.00. The Morgan fingerprint density at radius 3 is 2.38 bits per heavy atom. The summed E-state index contributed by atoms with van der Waals surface area (Å²) >= 11 is 3.33. The highest BCUT2D eigenvalue weighted by Gasteiger charge is 2.00. The first-order valence-electron chi connectivity index (χ1n) is 3.61. The fraction of sp³-hybridized carbons (Fsp3) is 0.125. The maximum absolute atomic E-state index is 5.15. The van der Waals surface area contributed by atoms with E-state index in [2.05, 4.69) is 31.3 Å². The Balaban J connectivity index is 3.00. The van der Waals surface area contributed by atoms with Gasteiger partial charge in [0.15, 0.2) is 5.84 Å². The lowest BCUT2D eigenvalue weighted by Gasteiger charge is -1.97. The van der Waals surface area contributed by atoms with Crippen molar-refractivity contribution < 1.29 is 0 Å². The number of nitrogens with zero attached hydrogens (tertiary/aromatic N) is 3. The predicted molar refractivity (Wildman–Crippen MR) is 55.6 cm³/mol. The zero-order valence-electron chi connectivity index (χ0n) is 7.11. The summed E-state index contributed by atoms with van der Waals surface area (Å²) in [6, 6.07) is 7.52. The molecule has 0 spiro atoms. The molecular weight excluding hydrogens is 232 g/mol. The topological polar surface area (TPSA) is 63.1 Å². The number of hydrogen-bond acceptors (Lipinski definition) is 3. The average molecular weight is 241 g/mol. The average Bonchev–Trinajstić information content (AvgIpc) is 2.16. The zero-order chi connectivity index (χ0) is 9.68. The molecule has 0 saturated heterocycles. The third-order valence-electron chi connectivity index (χ3n) is 1.42. The second-order valence-electron chi connectivity index (χ2n) is 2.26. The largest absolute Gasteiger partial charge is 0.321 e. The van der Waals surface area contributed by atoms with E-state index in [4.69, 9.17) is 5.84 Å². The highest BCUT2D eigenvalue weighted by atomic mass is 79.9. The monoisotopic (exact) mass is 240 g/mol. The fourth-order valence-electron chi connectivity index (χ4n) is 0.852. The van der Waals surface area contributed by atoms with Gasteiger partial charge in [-0.15, -0.1) is 5.11 Å². The second-order valence-corrected chi connectivity index (χ2v) is 3.18. The number of hydrogen-bond donors (Lipinski definition) is 1. The SMILES string of the molecule is CN=N/C(=N\N)c1ccc(Br)cc1. The number of azo groups is 1. The van der Waals surface area contributed by atoms with E-state index in [0.29, 0.717) is 5.84 Å². The molecule has 0 atom stereocenters. The standard InChI is InChI=1S/C8H9BrN4/c1-11-13-8(12-10)6-2-4-7(9)5-3-6/h2-5H,10H2,1H3/b12-8-,13-11?. The summed E-state index contributed by atoms with van der Waals surface area (Å²) in [6.45, 7) is 0. The van der Waals surface area contributed by atoms with Crippen molar-refractivity contribution in [1.82, 2.24) is 0 Å². The van der Waals surface area contributed by atoms with E-state index in [-0.39, 0.29) is 0 Å². The van der Waals surface area contributed by atoms with Crippen molar-refractivity contribution in [2.75, 3.05) is 7.05 Å². The van der Waals surface area contributed by atoms with E-state index in [1.807, 2.05) is 24.3 Å². The maximum atomic E-state index is 5.15. The number of amidine groups is 1. The Bertz CT molecular complexity index is 329. The van der Waals surface area contributed by atoms with Gasteiger partial charge < -0.3 is 5.84 Å². The van der Waals surface area contributed by atoms with E-state index in [1.165, 1.54) is 0 Å². The van der Waals surface area contributed by atoms with Crippen LogP contribution in [0.15, 0.2) is 44.1 Å². The van der Waals surface area contributed by atoms with Crippen LogP contribution in [0.25, 0.3) is 0 Å². The van der Waals surface area contributed by atoms with Crippen LogP contribution in [0.1, 0.15) is 5.56 Å². The molecule has 0 unspecified atom stereocenters. The summed E-state index contributed by atoms with van der Waals surface area (Å²) in [5.41, 5.74) is 0.844. The van der Waals surface area contributed by atoms with Crippen molar-refractivity contribution in [1.29, 1.82) is 0 Å². The van der Waals surface area contributed by atoms with Gasteiger partial charge in [-0.2, -0.15) is 10.2 Å². The van der Waals surface area contributed by atoms with Gasteiger partial charge in [-0.3, -0.25) is 0 Å². The van der Waals surface area contributed by atoms with Crippen LogP contribution in [0, 0.1) is 0 Å². The van der Waals surface area contributed by atoms with E-state index in [0.717, 1.165) is 10.0 Å². The third kappa shape index (κ3) is 2.62. The zero-order valence-corrected chi connectivity index (χ0v) is 8.69. The molecule has 0 bridgehead atoms. The van der Waals surface area contributed by atoms with Crippen LogP contribution < -0.4 is 5.84 Å². The van der Waals surface area contributed by atoms with Crippen LogP contribution >= 0.6 is 15.9 Å². The number of rotatable bonds is 1. The van der Waals surface area contributed by atoms with Crippen molar-refractivity contribution in [3.63, 3.8) is 0 Å². The number of benzene rings is 1. The van der Waals surface area contributed by atoms with Crippen LogP contribution in [0.4, 0.5) is 0 Å².